The van der Waals surface area contributed by atoms with Gasteiger partial charge in [-0.1, -0.05) is 13.2 Å². The molecule has 16 heteroatoms. The Morgan fingerprint density at radius 1 is 1.03 bits per heavy atom. The number of esters is 2. The van der Waals surface area contributed by atoms with Crippen molar-refractivity contribution in [1.82, 2.24) is 0 Å². The smallest absolute Gasteiger partial charge is 0.333 e. The van der Waals surface area contributed by atoms with E-state index in [0.29, 0.717) is 17.0 Å². The van der Waals surface area contributed by atoms with Crippen molar-refractivity contribution in [1.29, 1.82) is 0 Å². The molecule has 0 bridgehead atoms. The predicted octanol–water partition coefficient (Wildman–Crippen LogP) is 4.20. The molecule has 38 heavy (non-hydrogen) atoms. The molecule has 0 aliphatic carbocycles. The minimum Gasteiger partial charge on any atom is -0.461 e. The Bertz CT molecular complexity index is 1260. The zero-order valence-corrected chi connectivity index (χ0v) is 20.8. The molecule has 15 nitrogen and oxygen atoms in total. The van der Waals surface area contributed by atoms with E-state index in [-0.39, 0.29) is 42.7 Å². The van der Waals surface area contributed by atoms with Crippen molar-refractivity contribution >= 4 is 61.9 Å². The Kier molecular flexibility index (Phi) is 10.7. The number of nitrogens with one attached hydrogen (secondary N) is 1. The molecule has 1 aromatic carbocycles. The summed E-state index contributed by atoms with van der Waals surface area (Å²) in [7, 11) is 0. The lowest BCUT2D eigenvalue weighted by atomic mass is 10.2. The maximum atomic E-state index is 11.8. The van der Waals surface area contributed by atoms with Gasteiger partial charge in [-0.3, -0.25) is 25.0 Å². The Balaban J connectivity index is 2.39. The van der Waals surface area contributed by atoms with Crippen molar-refractivity contribution in [2.24, 2.45) is 10.2 Å². The van der Waals surface area contributed by atoms with E-state index in [2.05, 4.69) is 28.7 Å². The highest BCUT2D eigenvalue weighted by Gasteiger charge is 2.25. The molecule has 0 atom stereocenters. The second kappa shape index (κ2) is 13.9. The highest BCUT2D eigenvalue weighted by Crippen LogP contribution is 2.42. The maximum Gasteiger partial charge on any atom is 0.333 e. The van der Waals surface area contributed by atoms with Crippen molar-refractivity contribution < 1.29 is 33.7 Å². The van der Waals surface area contributed by atoms with E-state index in [0.717, 1.165) is 18.2 Å². The van der Waals surface area contributed by atoms with Gasteiger partial charge < -0.3 is 19.7 Å². The summed E-state index contributed by atoms with van der Waals surface area (Å²) in [5, 5.41) is 31.8. The summed E-state index contributed by atoms with van der Waals surface area (Å²) in [5.41, 5.74) is 0.196. The van der Waals surface area contributed by atoms with Gasteiger partial charge in [0.15, 0.2) is 0 Å². The van der Waals surface area contributed by atoms with E-state index in [9.17, 15) is 34.6 Å². The molecule has 1 amide bonds. The maximum absolute atomic E-state index is 11.8. The van der Waals surface area contributed by atoms with Crippen molar-refractivity contribution in [3.8, 4) is 0 Å². The number of azo groups is 1. The first-order valence-electron chi connectivity index (χ1n) is 10.6. The molecule has 1 N–H and O–H groups in total. The molecular weight excluding hydrogens is 524 g/mol. The molecular formula is C22H22N6O9S. The first kappa shape index (κ1) is 29.2. The average Bonchev–Trinajstić information content (AvgIpc) is 3.31. The SMILES string of the molecule is C=CC(=O)OCCN(CCOC(=O)C=C)c1ccc(/N=N/c2sc([N+](=O)[O-])cc2[N+](=O)[O-])c(NC(C)=O)c1. The van der Waals surface area contributed by atoms with Crippen LogP contribution >= 0.6 is 11.3 Å². The second-order valence-electron chi connectivity index (χ2n) is 7.10. The summed E-state index contributed by atoms with van der Waals surface area (Å²) >= 11 is 0.476. The van der Waals surface area contributed by atoms with Crippen molar-refractivity contribution in [2.75, 3.05) is 36.5 Å². The van der Waals surface area contributed by atoms with Crippen LogP contribution < -0.4 is 10.2 Å². The molecule has 0 saturated carbocycles. The number of benzene rings is 1. The van der Waals surface area contributed by atoms with Crippen LogP contribution in [0, 0.1) is 20.2 Å². The van der Waals surface area contributed by atoms with E-state index in [1.807, 2.05) is 0 Å². The third-order valence-electron chi connectivity index (χ3n) is 4.51. The number of nitrogens with zero attached hydrogens (tertiary/aromatic N) is 5. The quantitative estimate of drug-likeness (QED) is 0.118. The molecule has 0 spiro atoms. The summed E-state index contributed by atoms with van der Waals surface area (Å²) in [5.74, 6) is -1.70. The van der Waals surface area contributed by atoms with Gasteiger partial charge in [0.1, 0.15) is 25.0 Å². The minimum atomic E-state index is -0.814. The molecule has 0 fully saturated rings. The van der Waals surface area contributed by atoms with Gasteiger partial charge in [-0.05, 0) is 29.5 Å². The molecule has 2 aromatic rings. The highest BCUT2D eigenvalue weighted by molar-refractivity contribution is 7.19. The lowest BCUT2D eigenvalue weighted by Gasteiger charge is -2.25. The lowest BCUT2D eigenvalue weighted by molar-refractivity contribution is -0.389. The fraction of sp³-hybridized carbons (Fsp3) is 0.227. The van der Waals surface area contributed by atoms with Gasteiger partial charge in [0, 0.05) is 24.8 Å². The van der Waals surface area contributed by atoms with Gasteiger partial charge in [0.25, 0.3) is 0 Å². The lowest BCUT2D eigenvalue weighted by Crippen LogP contribution is -2.32. The first-order valence-corrected chi connectivity index (χ1v) is 11.5. The van der Waals surface area contributed by atoms with Gasteiger partial charge in [-0.15, -0.1) is 10.2 Å². The molecule has 0 aliphatic rings. The predicted molar refractivity (Wildman–Crippen MR) is 137 cm³/mol. The number of carbonyl (C=O) groups is 3. The third kappa shape index (κ3) is 8.59. The molecule has 0 unspecified atom stereocenters. The van der Waals surface area contributed by atoms with E-state index in [1.165, 1.54) is 19.1 Å². The molecule has 0 radical (unpaired) electrons. The standard InChI is InChI=1S/C22H22N6O9S/c1-4-20(30)36-10-8-26(9-11-37-21(31)5-2)15-6-7-16(17(12-15)23-14(3)29)24-25-22-18(27(32)33)13-19(38-22)28(34)35/h4-7,12-13H,1-2,8-11H2,3H3,(H,23,29)/b25-24+. The highest BCUT2D eigenvalue weighted by atomic mass is 32.1. The number of ether oxygens (including phenoxy) is 2. The summed E-state index contributed by atoms with van der Waals surface area (Å²) < 4.78 is 10.0. The normalized spacial score (nSPS) is 10.4. The Morgan fingerprint density at radius 3 is 2.13 bits per heavy atom. The molecule has 2 rings (SSSR count). The molecule has 0 saturated heterocycles. The monoisotopic (exact) mass is 546 g/mol. The number of thiophene rings is 1. The number of nitro groups is 2. The van der Waals surface area contributed by atoms with Gasteiger partial charge >= 0.3 is 22.6 Å². The van der Waals surface area contributed by atoms with Gasteiger partial charge in [0.05, 0.1) is 28.6 Å². The molecule has 200 valence electrons. The number of hydrogen-bond donors (Lipinski definition) is 1. The Morgan fingerprint density at radius 2 is 1.63 bits per heavy atom. The number of rotatable bonds is 14. The Labute approximate surface area is 219 Å². The van der Waals surface area contributed by atoms with Crippen LogP contribution in [0.4, 0.5) is 32.8 Å². The van der Waals surface area contributed by atoms with Crippen LogP contribution in [0.2, 0.25) is 0 Å². The third-order valence-corrected chi connectivity index (χ3v) is 5.47. The summed E-state index contributed by atoms with van der Waals surface area (Å²) in [6.07, 6.45) is 2.02. The molecule has 1 heterocycles. The van der Waals surface area contributed by atoms with Crippen LogP contribution in [0.15, 0.2) is 59.8 Å². The summed E-state index contributed by atoms with van der Waals surface area (Å²) in [4.78, 5) is 57.0. The molecule has 1 aromatic heterocycles. The van der Waals surface area contributed by atoms with Crippen molar-refractivity contribution in [3.05, 3.63) is 69.8 Å². The van der Waals surface area contributed by atoms with Crippen LogP contribution in [0.25, 0.3) is 0 Å². The zero-order chi connectivity index (χ0) is 28.2. The number of anilines is 2. The minimum absolute atomic E-state index is 0.0297. The van der Waals surface area contributed by atoms with Crippen molar-refractivity contribution in [2.45, 2.75) is 6.92 Å². The first-order chi connectivity index (χ1) is 18.0. The van der Waals surface area contributed by atoms with Gasteiger partial charge in [-0.2, -0.15) is 0 Å². The fourth-order valence-corrected chi connectivity index (χ4v) is 3.61. The van der Waals surface area contributed by atoms with E-state index in [4.69, 9.17) is 9.47 Å². The van der Waals surface area contributed by atoms with Crippen LogP contribution in [-0.4, -0.2) is 54.0 Å². The average molecular weight is 547 g/mol. The zero-order valence-electron chi connectivity index (χ0n) is 20.0. The van der Waals surface area contributed by atoms with Gasteiger partial charge in [0.2, 0.25) is 10.9 Å². The van der Waals surface area contributed by atoms with Crippen LogP contribution in [0.1, 0.15) is 6.92 Å². The number of carbonyl (C=O) groups excluding carboxylic acids is 3. The topological polar surface area (TPSA) is 196 Å². The fourth-order valence-electron chi connectivity index (χ4n) is 2.85. The van der Waals surface area contributed by atoms with Crippen LogP contribution in [0.3, 0.4) is 0 Å². The van der Waals surface area contributed by atoms with Crippen LogP contribution in [-0.2, 0) is 23.9 Å². The summed E-state index contributed by atoms with van der Waals surface area (Å²) in [6, 6.07) is 5.34. The Hall–Kier alpha value is -4.99. The summed E-state index contributed by atoms with van der Waals surface area (Å²) in [6.45, 7) is 8.19. The molecule has 0 aliphatic heterocycles. The van der Waals surface area contributed by atoms with Crippen molar-refractivity contribution in [3.63, 3.8) is 0 Å². The largest absolute Gasteiger partial charge is 0.461 e. The number of amides is 1. The van der Waals surface area contributed by atoms with E-state index >= 15 is 0 Å². The van der Waals surface area contributed by atoms with Crippen LogP contribution in [0.5, 0.6) is 0 Å². The van der Waals surface area contributed by atoms with E-state index < -0.39 is 38.4 Å². The second-order valence-corrected chi connectivity index (χ2v) is 8.11. The van der Waals surface area contributed by atoms with E-state index in [1.54, 1.807) is 11.0 Å². The number of hydrogen-bond acceptors (Lipinski definition) is 13. The van der Waals surface area contributed by atoms with Gasteiger partial charge in [-0.25, -0.2) is 9.59 Å².